The Kier molecular flexibility index (Phi) is 5.51. The highest BCUT2D eigenvalue weighted by Crippen LogP contribution is 2.35. The third kappa shape index (κ3) is 4.15. The van der Waals surface area contributed by atoms with Crippen molar-refractivity contribution in [3.8, 4) is 0 Å². The summed E-state index contributed by atoms with van der Waals surface area (Å²) in [5, 5.41) is 1.59. The van der Waals surface area contributed by atoms with Gasteiger partial charge in [-0.1, -0.05) is 6.92 Å². The first-order chi connectivity index (χ1) is 7.13. The predicted molar refractivity (Wildman–Crippen MR) is 51.6 cm³/mol. The summed E-state index contributed by atoms with van der Waals surface area (Å²) in [5.74, 6) is -7.22. The van der Waals surface area contributed by atoms with Crippen LogP contribution >= 0.6 is 11.8 Å². The Morgan fingerprint density at radius 2 is 1.81 bits per heavy atom. The van der Waals surface area contributed by atoms with Gasteiger partial charge in [-0.2, -0.15) is 33.7 Å². The van der Waals surface area contributed by atoms with Crippen molar-refractivity contribution in [3.63, 3.8) is 0 Å². The van der Waals surface area contributed by atoms with Crippen LogP contribution < -0.4 is 5.32 Å². The van der Waals surface area contributed by atoms with Crippen LogP contribution in [0.2, 0.25) is 0 Å². The van der Waals surface area contributed by atoms with Crippen molar-refractivity contribution < 1.29 is 26.7 Å². The highest BCUT2D eigenvalue weighted by molar-refractivity contribution is 7.98. The molecule has 96 valence electrons. The fourth-order valence-corrected chi connectivity index (χ4v) is 1.54. The first-order valence-electron chi connectivity index (χ1n) is 4.34. The molecule has 1 unspecified atom stereocenters. The second-order valence-electron chi connectivity index (χ2n) is 3.34. The molecule has 0 saturated heterocycles. The molecule has 0 fully saturated rings. The Labute approximate surface area is 94.0 Å². The number of hydrogen-bond donors (Lipinski definition) is 1. The molecule has 0 radical (unpaired) electrons. The zero-order chi connectivity index (χ0) is 13.0. The van der Waals surface area contributed by atoms with E-state index in [1.165, 1.54) is 11.8 Å². The number of hydrogen-bond acceptors (Lipinski definition) is 2. The van der Waals surface area contributed by atoms with Crippen molar-refractivity contribution in [3.05, 3.63) is 0 Å². The Bertz CT molecular complexity index is 243. The molecule has 0 heterocycles. The molecular weight excluding hydrogens is 253 g/mol. The van der Waals surface area contributed by atoms with Gasteiger partial charge < -0.3 is 5.32 Å². The largest absolute Gasteiger partial charge is 0.463 e. The zero-order valence-corrected chi connectivity index (χ0v) is 9.51. The summed E-state index contributed by atoms with van der Waals surface area (Å²) < 4.78 is 60.1. The van der Waals surface area contributed by atoms with E-state index in [9.17, 15) is 26.7 Å². The van der Waals surface area contributed by atoms with E-state index in [-0.39, 0.29) is 12.5 Å². The normalized spacial score (nSPS) is 14.7. The minimum Gasteiger partial charge on any atom is -0.350 e. The number of rotatable bonds is 5. The van der Waals surface area contributed by atoms with E-state index >= 15 is 0 Å². The minimum absolute atomic E-state index is 0.164. The number of carbonyl (C=O) groups excluding carboxylic acids is 1. The lowest BCUT2D eigenvalue weighted by Crippen LogP contribution is -2.51. The van der Waals surface area contributed by atoms with Gasteiger partial charge in [0.05, 0.1) is 0 Å². The Morgan fingerprint density at radius 3 is 2.19 bits per heavy atom. The monoisotopic (exact) mass is 265 g/mol. The molecule has 1 atom stereocenters. The molecule has 0 aromatic heterocycles. The molecule has 1 N–H and O–H groups in total. The molecule has 0 spiro atoms. The van der Waals surface area contributed by atoms with Gasteiger partial charge in [0.25, 0.3) is 5.91 Å². The van der Waals surface area contributed by atoms with Crippen molar-refractivity contribution >= 4 is 17.7 Å². The maximum Gasteiger partial charge on any atom is 0.463 e. The molecule has 0 aliphatic rings. The summed E-state index contributed by atoms with van der Waals surface area (Å²) in [6.07, 6.45) is -4.08. The quantitative estimate of drug-likeness (QED) is 0.773. The van der Waals surface area contributed by atoms with Gasteiger partial charge in [0.15, 0.2) is 0 Å². The predicted octanol–water partition coefficient (Wildman–Crippen LogP) is 2.30. The van der Waals surface area contributed by atoms with Crippen LogP contribution in [-0.4, -0.2) is 36.6 Å². The first kappa shape index (κ1) is 15.5. The van der Waals surface area contributed by atoms with Gasteiger partial charge in [0.2, 0.25) is 0 Å². The highest BCUT2D eigenvalue weighted by atomic mass is 32.2. The molecule has 0 aromatic rings. The summed E-state index contributed by atoms with van der Waals surface area (Å²) >= 11 is 1.41. The van der Waals surface area contributed by atoms with Gasteiger partial charge in [-0.15, -0.1) is 0 Å². The maximum absolute atomic E-state index is 12.4. The first-order valence-corrected chi connectivity index (χ1v) is 5.74. The molecule has 0 aliphatic heterocycles. The highest BCUT2D eigenvalue weighted by Gasteiger charge is 2.63. The number of nitrogens with one attached hydrogen (secondary N) is 1. The molecule has 16 heavy (non-hydrogen) atoms. The molecule has 8 heteroatoms. The van der Waals surface area contributed by atoms with Crippen molar-refractivity contribution in [2.24, 2.45) is 5.92 Å². The summed E-state index contributed by atoms with van der Waals surface area (Å²) in [4.78, 5) is 10.6. The average Bonchev–Trinajstić information content (AvgIpc) is 2.12. The molecule has 0 aromatic carbocycles. The number of carbonyl (C=O) groups is 1. The van der Waals surface area contributed by atoms with E-state index in [4.69, 9.17) is 0 Å². The van der Waals surface area contributed by atoms with Crippen LogP contribution in [0.5, 0.6) is 0 Å². The van der Waals surface area contributed by atoms with Gasteiger partial charge in [-0.25, -0.2) is 0 Å². The Balaban J connectivity index is 4.27. The third-order valence-electron chi connectivity index (χ3n) is 1.70. The minimum atomic E-state index is -5.85. The van der Waals surface area contributed by atoms with Crippen molar-refractivity contribution in [1.29, 1.82) is 0 Å². The molecular formula is C8H12F5NOS. The lowest BCUT2D eigenvalue weighted by molar-refractivity contribution is -0.269. The number of thioether (sulfide) groups is 1. The summed E-state index contributed by atoms with van der Waals surface area (Å²) in [7, 11) is 0. The van der Waals surface area contributed by atoms with Crippen LogP contribution in [0.3, 0.4) is 0 Å². The summed E-state index contributed by atoms with van der Waals surface area (Å²) in [5.41, 5.74) is 0. The lowest BCUT2D eigenvalue weighted by Gasteiger charge is -2.19. The zero-order valence-electron chi connectivity index (χ0n) is 8.70. The van der Waals surface area contributed by atoms with E-state index in [2.05, 4.69) is 0 Å². The fourth-order valence-electron chi connectivity index (χ4n) is 0.850. The van der Waals surface area contributed by atoms with E-state index < -0.39 is 18.0 Å². The number of halogens is 5. The van der Waals surface area contributed by atoms with Crippen LogP contribution in [0.25, 0.3) is 0 Å². The summed E-state index contributed by atoms with van der Waals surface area (Å²) in [6, 6.07) is 0. The standard InChI is InChI=1S/C8H12F5NOS/c1-5(4-16-2)3-14-6(15)7(9,10)8(11,12)13/h5H,3-4H2,1-2H3,(H,14,15). The van der Waals surface area contributed by atoms with Crippen LogP contribution in [0.15, 0.2) is 0 Å². The SMILES string of the molecule is CSCC(C)CNC(=O)C(F)(F)C(F)(F)F. The molecule has 0 aliphatic carbocycles. The van der Waals surface area contributed by atoms with Gasteiger partial charge in [0.1, 0.15) is 0 Å². The average molecular weight is 265 g/mol. The van der Waals surface area contributed by atoms with E-state index in [0.717, 1.165) is 0 Å². The topological polar surface area (TPSA) is 29.1 Å². The van der Waals surface area contributed by atoms with E-state index in [0.29, 0.717) is 5.75 Å². The molecule has 0 saturated carbocycles. The van der Waals surface area contributed by atoms with Crippen LogP contribution in [0.4, 0.5) is 22.0 Å². The van der Waals surface area contributed by atoms with Crippen molar-refractivity contribution in [1.82, 2.24) is 5.32 Å². The van der Waals surface area contributed by atoms with Gasteiger partial charge >= 0.3 is 12.1 Å². The van der Waals surface area contributed by atoms with Crippen molar-refractivity contribution in [2.45, 2.75) is 19.0 Å². The van der Waals surface area contributed by atoms with Crippen LogP contribution in [0.1, 0.15) is 6.92 Å². The maximum atomic E-state index is 12.4. The molecule has 0 rings (SSSR count). The summed E-state index contributed by atoms with van der Waals surface area (Å²) in [6.45, 7) is 1.44. The Morgan fingerprint density at radius 1 is 1.31 bits per heavy atom. The number of amides is 1. The lowest BCUT2D eigenvalue weighted by atomic mass is 10.2. The Hall–Kier alpha value is -0.530. The fraction of sp³-hybridized carbons (Fsp3) is 0.875. The third-order valence-corrected chi connectivity index (χ3v) is 2.61. The smallest absolute Gasteiger partial charge is 0.350 e. The van der Waals surface area contributed by atoms with Gasteiger partial charge in [-0.3, -0.25) is 4.79 Å². The molecule has 1 amide bonds. The van der Waals surface area contributed by atoms with Crippen LogP contribution in [-0.2, 0) is 4.79 Å². The van der Waals surface area contributed by atoms with Crippen LogP contribution in [0, 0.1) is 5.92 Å². The molecule has 0 bridgehead atoms. The number of alkyl halides is 5. The molecule has 2 nitrogen and oxygen atoms in total. The second-order valence-corrected chi connectivity index (χ2v) is 4.25. The van der Waals surface area contributed by atoms with E-state index in [1.807, 2.05) is 0 Å². The van der Waals surface area contributed by atoms with Gasteiger partial charge in [0, 0.05) is 6.54 Å². The van der Waals surface area contributed by atoms with E-state index in [1.54, 1.807) is 18.5 Å². The van der Waals surface area contributed by atoms with Crippen molar-refractivity contribution in [2.75, 3.05) is 18.6 Å². The second kappa shape index (κ2) is 5.70. The van der Waals surface area contributed by atoms with Gasteiger partial charge in [-0.05, 0) is 17.9 Å².